The largest absolute Gasteiger partial charge is 0.367 e. The Morgan fingerprint density at radius 1 is 1.40 bits per heavy atom. The Bertz CT molecular complexity index is 200. The first-order valence-corrected chi connectivity index (χ1v) is 2.84. The van der Waals surface area contributed by atoms with Gasteiger partial charge in [-0.05, 0) is 0 Å². The first-order chi connectivity index (χ1) is 4.79. The van der Waals surface area contributed by atoms with Crippen LogP contribution < -0.4 is 0 Å². The van der Waals surface area contributed by atoms with Gasteiger partial charge in [0.15, 0.2) is 0 Å². The summed E-state index contributed by atoms with van der Waals surface area (Å²) in [5.41, 5.74) is 0. The molecule has 0 aliphatic carbocycles. The average Bonchev–Trinajstić information content (AvgIpc) is 2.34. The summed E-state index contributed by atoms with van der Waals surface area (Å²) in [5, 5.41) is 11.1. The predicted molar refractivity (Wildman–Crippen MR) is 37.6 cm³/mol. The molecule has 0 spiro atoms. The van der Waals surface area contributed by atoms with Crippen LogP contribution in [0.25, 0.3) is 0 Å². The summed E-state index contributed by atoms with van der Waals surface area (Å²) in [6.07, 6.45) is 4.73. The molecule has 0 aliphatic heterocycles. The molecule has 1 aromatic heterocycles. The van der Waals surface area contributed by atoms with E-state index in [0.717, 1.165) is 0 Å². The molecule has 0 aliphatic rings. The first-order valence-electron chi connectivity index (χ1n) is 2.84. The summed E-state index contributed by atoms with van der Waals surface area (Å²) in [6, 6.07) is 0. The highest BCUT2D eigenvalue weighted by Gasteiger charge is 1.81. The van der Waals surface area contributed by atoms with Gasteiger partial charge in [0.1, 0.15) is 19.0 Å². The maximum absolute atomic E-state index is 3.96. The Hall–Kier alpha value is -1.39. The number of rotatable bonds is 2. The van der Waals surface area contributed by atoms with Crippen molar-refractivity contribution in [2.75, 3.05) is 14.1 Å². The molecule has 0 unspecified atom stereocenters. The molecular formula is C5H9N5. The minimum Gasteiger partial charge on any atom is -0.367 e. The van der Waals surface area contributed by atoms with Crippen molar-refractivity contribution in [1.82, 2.24) is 19.8 Å². The lowest BCUT2D eigenvalue weighted by atomic mass is 11.0. The fraction of sp³-hybridized carbons (Fsp3) is 0.400. The molecule has 0 fully saturated rings. The Balaban J connectivity index is 2.55. The van der Waals surface area contributed by atoms with E-state index in [1.165, 1.54) is 17.3 Å². The topological polar surface area (TPSA) is 46.3 Å². The highest BCUT2D eigenvalue weighted by molar-refractivity contribution is 5.53. The minimum absolute atomic E-state index is 1.53. The first kappa shape index (κ1) is 6.73. The van der Waals surface area contributed by atoms with E-state index >= 15 is 0 Å². The van der Waals surface area contributed by atoms with E-state index in [0.29, 0.717) is 0 Å². The molecule has 0 N–H and O–H groups in total. The van der Waals surface area contributed by atoms with Gasteiger partial charge < -0.3 is 4.90 Å². The molecule has 0 amide bonds. The fourth-order valence-corrected chi connectivity index (χ4v) is 0.418. The molecule has 5 heteroatoms. The lowest BCUT2D eigenvalue weighted by Crippen LogP contribution is -2.08. The van der Waals surface area contributed by atoms with E-state index < -0.39 is 0 Å². The molecule has 0 atom stereocenters. The molecule has 0 bridgehead atoms. The Morgan fingerprint density at radius 2 is 2.00 bits per heavy atom. The molecule has 1 heterocycles. The lowest BCUT2D eigenvalue weighted by molar-refractivity contribution is 0.632. The minimum atomic E-state index is 1.53. The monoisotopic (exact) mass is 139 g/mol. The van der Waals surface area contributed by atoms with E-state index in [-0.39, 0.29) is 0 Å². The smallest absolute Gasteiger partial charge is 0.141 e. The summed E-state index contributed by atoms with van der Waals surface area (Å²) in [6.45, 7) is 0. The van der Waals surface area contributed by atoms with E-state index in [9.17, 15) is 0 Å². The summed E-state index contributed by atoms with van der Waals surface area (Å²) >= 11 is 0. The van der Waals surface area contributed by atoms with Crippen LogP contribution in [-0.4, -0.2) is 40.2 Å². The predicted octanol–water partition coefficient (Wildman–Crippen LogP) is -0.369. The second kappa shape index (κ2) is 2.95. The molecular weight excluding hydrogens is 130 g/mol. The maximum Gasteiger partial charge on any atom is 0.141 e. The Kier molecular flexibility index (Phi) is 1.99. The van der Waals surface area contributed by atoms with Gasteiger partial charge in [-0.2, -0.15) is 5.10 Å². The van der Waals surface area contributed by atoms with Crippen LogP contribution in [0, 0.1) is 0 Å². The molecule has 0 saturated carbocycles. The van der Waals surface area contributed by atoms with Gasteiger partial charge in [-0.15, -0.1) is 10.2 Å². The molecule has 5 nitrogen and oxygen atoms in total. The number of hydrogen-bond acceptors (Lipinski definition) is 3. The van der Waals surface area contributed by atoms with Gasteiger partial charge in [0.05, 0.1) is 0 Å². The van der Waals surface area contributed by atoms with Gasteiger partial charge in [0, 0.05) is 14.1 Å². The van der Waals surface area contributed by atoms with Crippen molar-refractivity contribution in [3.8, 4) is 0 Å². The zero-order valence-electron chi connectivity index (χ0n) is 5.97. The average molecular weight is 139 g/mol. The van der Waals surface area contributed by atoms with E-state index in [4.69, 9.17) is 0 Å². The second-order valence-electron chi connectivity index (χ2n) is 2.04. The summed E-state index contributed by atoms with van der Waals surface area (Å²) < 4.78 is 1.53. The zero-order valence-corrected chi connectivity index (χ0v) is 5.97. The van der Waals surface area contributed by atoms with Crippen LogP contribution in [0.1, 0.15) is 0 Å². The SMILES string of the molecule is CN(C)/C=N\n1cnnc1. The summed E-state index contributed by atoms with van der Waals surface area (Å²) in [4.78, 5) is 1.83. The molecule has 0 saturated heterocycles. The van der Waals surface area contributed by atoms with Crippen LogP contribution in [0.3, 0.4) is 0 Å². The van der Waals surface area contributed by atoms with Crippen molar-refractivity contribution in [2.24, 2.45) is 5.10 Å². The van der Waals surface area contributed by atoms with Crippen molar-refractivity contribution >= 4 is 6.34 Å². The van der Waals surface area contributed by atoms with Crippen molar-refractivity contribution in [2.45, 2.75) is 0 Å². The molecule has 1 rings (SSSR count). The zero-order chi connectivity index (χ0) is 7.40. The highest BCUT2D eigenvalue weighted by Crippen LogP contribution is 1.78. The van der Waals surface area contributed by atoms with Crippen LogP contribution in [0.5, 0.6) is 0 Å². The van der Waals surface area contributed by atoms with Crippen LogP contribution in [0.15, 0.2) is 17.8 Å². The van der Waals surface area contributed by atoms with Crippen molar-refractivity contribution in [3.63, 3.8) is 0 Å². The van der Waals surface area contributed by atoms with E-state index in [1.54, 1.807) is 6.34 Å². The maximum atomic E-state index is 3.96. The van der Waals surface area contributed by atoms with Gasteiger partial charge in [-0.25, -0.2) is 4.68 Å². The fourth-order valence-electron chi connectivity index (χ4n) is 0.418. The summed E-state index contributed by atoms with van der Waals surface area (Å²) in [5.74, 6) is 0. The number of nitrogens with zero attached hydrogens (tertiary/aromatic N) is 5. The van der Waals surface area contributed by atoms with Gasteiger partial charge in [0.25, 0.3) is 0 Å². The molecule has 54 valence electrons. The normalized spacial score (nSPS) is 10.6. The van der Waals surface area contributed by atoms with Crippen LogP contribution in [0.4, 0.5) is 0 Å². The van der Waals surface area contributed by atoms with E-state index in [1.807, 2.05) is 19.0 Å². The third-order valence-electron chi connectivity index (χ3n) is 0.822. The van der Waals surface area contributed by atoms with Crippen LogP contribution >= 0.6 is 0 Å². The summed E-state index contributed by atoms with van der Waals surface area (Å²) in [7, 11) is 3.79. The van der Waals surface area contributed by atoms with Crippen molar-refractivity contribution in [1.29, 1.82) is 0 Å². The number of aromatic nitrogens is 3. The Labute approximate surface area is 59.0 Å². The van der Waals surface area contributed by atoms with Crippen molar-refractivity contribution < 1.29 is 0 Å². The molecule has 1 aromatic rings. The van der Waals surface area contributed by atoms with Gasteiger partial charge >= 0.3 is 0 Å². The van der Waals surface area contributed by atoms with Gasteiger partial charge in [-0.3, -0.25) is 0 Å². The lowest BCUT2D eigenvalue weighted by Gasteiger charge is -2.00. The van der Waals surface area contributed by atoms with Gasteiger partial charge in [-0.1, -0.05) is 0 Å². The Morgan fingerprint density at radius 3 is 2.50 bits per heavy atom. The molecule has 0 aromatic carbocycles. The standard InChI is InChI=1S/C5H9N5/c1-9(2)5-8-10-3-6-7-4-10/h3-5H,1-2H3/b8-5-. The molecule has 0 radical (unpaired) electrons. The van der Waals surface area contributed by atoms with Crippen LogP contribution in [-0.2, 0) is 0 Å². The highest BCUT2D eigenvalue weighted by atomic mass is 15.4. The van der Waals surface area contributed by atoms with Crippen molar-refractivity contribution in [3.05, 3.63) is 12.7 Å². The third kappa shape index (κ3) is 1.85. The molecule has 10 heavy (non-hydrogen) atoms. The second-order valence-corrected chi connectivity index (χ2v) is 2.04. The third-order valence-corrected chi connectivity index (χ3v) is 0.822. The van der Waals surface area contributed by atoms with E-state index in [2.05, 4.69) is 15.3 Å². The van der Waals surface area contributed by atoms with Crippen LogP contribution in [0.2, 0.25) is 0 Å². The number of hydrogen-bond donors (Lipinski definition) is 0. The van der Waals surface area contributed by atoms with Gasteiger partial charge in [0.2, 0.25) is 0 Å². The quantitative estimate of drug-likeness (QED) is 0.415.